The third-order valence-electron chi connectivity index (χ3n) is 3.27. The highest BCUT2D eigenvalue weighted by Crippen LogP contribution is 2.23. The van der Waals surface area contributed by atoms with E-state index in [0.717, 1.165) is 0 Å². The fraction of sp³-hybridized carbons (Fsp3) is 0. The van der Waals surface area contributed by atoms with Crippen molar-refractivity contribution in [3.05, 3.63) is 58.7 Å². The van der Waals surface area contributed by atoms with Crippen molar-refractivity contribution < 1.29 is 57.8 Å². The summed E-state index contributed by atoms with van der Waals surface area (Å²) >= 11 is 0. The maximum Gasteiger partial charge on any atom is 0.349 e. The first kappa shape index (κ1) is 22.4. The number of carbonyl (C=O) groups is 2. The molecule has 0 amide bonds. The Labute approximate surface area is 159 Å². The zero-order valence-corrected chi connectivity index (χ0v) is 15.0. The van der Waals surface area contributed by atoms with Gasteiger partial charge in [0, 0.05) is 0 Å². The van der Waals surface area contributed by atoms with Gasteiger partial charge >= 0.3 is 11.9 Å². The van der Waals surface area contributed by atoms with Crippen molar-refractivity contribution in [1.82, 2.24) is 0 Å². The molecule has 29 heavy (non-hydrogen) atoms. The highest BCUT2D eigenvalue weighted by Gasteiger charge is 2.29. The van der Waals surface area contributed by atoms with Crippen LogP contribution in [0.3, 0.4) is 0 Å². The van der Waals surface area contributed by atoms with Gasteiger partial charge in [-0.3, -0.25) is 9.11 Å². The summed E-state index contributed by atoms with van der Waals surface area (Å²) in [7, 11) is -10.4. The van der Waals surface area contributed by atoms with E-state index in [2.05, 4.69) is 4.74 Å². The molecule has 2 aromatic carbocycles. The second-order valence-corrected chi connectivity index (χ2v) is 7.89. The monoisotopic (exact) mass is 458 g/mol. The van der Waals surface area contributed by atoms with E-state index in [-0.39, 0.29) is 12.1 Å². The Morgan fingerprint density at radius 3 is 1.24 bits per heavy atom. The van der Waals surface area contributed by atoms with E-state index in [4.69, 9.17) is 9.11 Å². The normalized spacial score (nSPS) is 11.9. The Hall–Kier alpha value is -2.88. The predicted octanol–water partition coefficient (Wildman–Crippen LogP) is 1.73. The fourth-order valence-electron chi connectivity index (χ4n) is 1.97. The van der Waals surface area contributed by atoms with E-state index in [9.17, 15) is 44.0 Å². The molecule has 9 nitrogen and oxygen atoms in total. The molecular weight excluding hydrogens is 452 g/mol. The average Bonchev–Trinajstić information content (AvgIpc) is 2.56. The van der Waals surface area contributed by atoms with Crippen LogP contribution < -0.4 is 0 Å². The molecule has 2 aromatic rings. The Kier molecular flexibility index (Phi) is 5.80. The van der Waals surface area contributed by atoms with Crippen molar-refractivity contribution >= 4 is 32.2 Å². The minimum Gasteiger partial charge on any atom is -0.386 e. The summed E-state index contributed by atoms with van der Waals surface area (Å²) in [5.41, 5.74) is -2.67. The number of ether oxygens (including phenoxy) is 1. The lowest BCUT2D eigenvalue weighted by Crippen LogP contribution is -2.18. The third-order valence-corrected chi connectivity index (χ3v) is 5.02. The van der Waals surface area contributed by atoms with Gasteiger partial charge in [0.25, 0.3) is 20.2 Å². The SMILES string of the molecule is O=C(OC(=O)c1ccc(S(=O)(=O)O)c(F)c1F)c1ccc(S(=O)(=O)O)c(F)c1F. The molecule has 0 unspecified atom stereocenters. The van der Waals surface area contributed by atoms with Crippen molar-refractivity contribution in [2.45, 2.75) is 9.79 Å². The molecule has 0 spiro atoms. The van der Waals surface area contributed by atoms with Crippen LogP contribution in [0.2, 0.25) is 0 Å². The van der Waals surface area contributed by atoms with Gasteiger partial charge in [0.15, 0.2) is 23.3 Å². The van der Waals surface area contributed by atoms with Crippen LogP contribution in [0.5, 0.6) is 0 Å². The Morgan fingerprint density at radius 1 is 0.655 bits per heavy atom. The van der Waals surface area contributed by atoms with Crippen LogP contribution in [0.25, 0.3) is 0 Å². The lowest BCUT2D eigenvalue weighted by Gasteiger charge is -2.08. The van der Waals surface area contributed by atoms with Crippen molar-refractivity contribution in [3.8, 4) is 0 Å². The molecular formula is C14H6F4O9S2. The van der Waals surface area contributed by atoms with E-state index in [1.54, 1.807) is 0 Å². The topological polar surface area (TPSA) is 152 Å². The summed E-state index contributed by atoms with van der Waals surface area (Å²) in [5, 5.41) is 0. The number of carbonyl (C=O) groups excluding carboxylic acids is 2. The van der Waals surface area contributed by atoms with Crippen molar-refractivity contribution in [3.63, 3.8) is 0 Å². The van der Waals surface area contributed by atoms with Gasteiger partial charge < -0.3 is 4.74 Å². The number of hydrogen-bond acceptors (Lipinski definition) is 7. The molecule has 0 radical (unpaired) electrons. The first-order valence-electron chi connectivity index (χ1n) is 6.83. The van der Waals surface area contributed by atoms with Gasteiger partial charge in [-0.1, -0.05) is 0 Å². The van der Waals surface area contributed by atoms with E-state index >= 15 is 0 Å². The summed E-state index contributed by atoms with van der Waals surface area (Å²) < 4.78 is 120. The van der Waals surface area contributed by atoms with Gasteiger partial charge in [-0.2, -0.15) is 16.8 Å². The smallest absolute Gasteiger partial charge is 0.349 e. The average molecular weight is 458 g/mol. The lowest BCUT2D eigenvalue weighted by molar-refractivity contribution is 0.0389. The van der Waals surface area contributed by atoms with Crippen LogP contribution >= 0.6 is 0 Å². The molecule has 0 aliphatic carbocycles. The number of hydrogen-bond donors (Lipinski definition) is 2. The van der Waals surface area contributed by atoms with Crippen LogP contribution in [-0.2, 0) is 25.0 Å². The standard InChI is InChI=1S/C14H6F4O9S2/c15-9-5(1-3-7(11(9)17)28(21,22)23)13(19)27-14(20)6-2-4-8(29(24,25)26)12(18)10(6)16/h1-4H,(H,21,22,23)(H,24,25,26). The maximum atomic E-state index is 13.8. The molecule has 0 bridgehead atoms. The predicted molar refractivity (Wildman–Crippen MR) is 82.1 cm³/mol. The second-order valence-electron chi connectivity index (χ2n) is 5.11. The molecule has 0 aliphatic heterocycles. The van der Waals surface area contributed by atoms with Crippen LogP contribution in [0.15, 0.2) is 34.1 Å². The molecule has 0 saturated heterocycles. The number of benzene rings is 2. The van der Waals surface area contributed by atoms with Crippen LogP contribution in [-0.4, -0.2) is 37.9 Å². The van der Waals surface area contributed by atoms with Crippen molar-refractivity contribution in [2.24, 2.45) is 0 Å². The fourth-order valence-corrected chi connectivity index (χ4v) is 3.08. The van der Waals surface area contributed by atoms with Crippen LogP contribution in [0.1, 0.15) is 20.7 Å². The molecule has 156 valence electrons. The molecule has 0 aromatic heterocycles. The lowest BCUT2D eigenvalue weighted by atomic mass is 10.2. The molecule has 0 saturated carbocycles. The van der Waals surface area contributed by atoms with Gasteiger partial charge in [0.05, 0.1) is 11.1 Å². The highest BCUT2D eigenvalue weighted by molar-refractivity contribution is 7.86. The number of esters is 2. The molecule has 2 rings (SSSR count). The molecule has 2 N–H and O–H groups in total. The van der Waals surface area contributed by atoms with Crippen molar-refractivity contribution in [2.75, 3.05) is 0 Å². The number of halogens is 4. The zero-order valence-electron chi connectivity index (χ0n) is 13.4. The quantitative estimate of drug-likeness (QED) is 0.302. The van der Waals surface area contributed by atoms with E-state index in [1.807, 2.05) is 0 Å². The van der Waals surface area contributed by atoms with Crippen molar-refractivity contribution in [1.29, 1.82) is 0 Å². The largest absolute Gasteiger partial charge is 0.386 e. The van der Waals surface area contributed by atoms with Crippen LogP contribution in [0.4, 0.5) is 17.6 Å². The third kappa shape index (κ3) is 4.42. The number of rotatable bonds is 4. The van der Waals surface area contributed by atoms with Gasteiger partial charge in [-0.25, -0.2) is 27.2 Å². The Balaban J connectivity index is 2.39. The maximum absolute atomic E-state index is 13.8. The minimum absolute atomic E-state index is 0.274. The van der Waals surface area contributed by atoms with Gasteiger partial charge in [-0.15, -0.1) is 0 Å². The first-order valence-corrected chi connectivity index (χ1v) is 9.71. The van der Waals surface area contributed by atoms with E-state index < -0.39 is 76.4 Å². The molecule has 0 atom stereocenters. The summed E-state index contributed by atoms with van der Waals surface area (Å²) in [6.45, 7) is 0. The summed E-state index contributed by atoms with van der Waals surface area (Å²) in [4.78, 5) is 20.5. The molecule has 0 aliphatic rings. The van der Waals surface area contributed by atoms with Gasteiger partial charge in [0.2, 0.25) is 0 Å². The van der Waals surface area contributed by atoms with Crippen LogP contribution in [0, 0.1) is 23.3 Å². The summed E-state index contributed by atoms with van der Waals surface area (Å²) in [5.74, 6) is -12.5. The summed E-state index contributed by atoms with van der Waals surface area (Å²) in [6.07, 6.45) is 0. The first-order chi connectivity index (χ1) is 13.2. The molecule has 0 heterocycles. The van der Waals surface area contributed by atoms with Gasteiger partial charge in [0.1, 0.15) is 9.79 Å². The minimum atomic E-state index is -5.19. The Bertz CT molecular complexity index is 1160. The highest BCUT2D eigenvalue weighted by atomic mass is 32.2. The van der Waals surface area contributed by atoms with E-state index in [0.29, 0.717) is 12.1 Å². The second kappa shape index (κ2) is 7.51. The Morgan fingerprint density at radius 2 is 0.966 bits per heavy atom. The molecule has 15 heteroatoms. The van der Waals surface area contributed by atoms with E-state index in [1.165, 1.54) is 0 Å². The van der Waals surface area contributed by atoms with Gasteiger partial charge in [-0.05, 0) is 24.3 Å². The molecule has 0 fully saturated rings. The zero-order chi connectivity index (χ0) is 22.3. The summed E-state index contributed by atoms with van der Waals surface area (Å²) in [6, 6.07) is 1.21.